The van der Waals surface area contributed by atoms with E-state index in [4.69, 9.17) is 17.1 Å². The molecule has 0 bridgehead atoms. The van der Waals surface area contributed by atoms with Crippen molar-refractivity contribution in [1.29, 1.82) is 0 Å². The summed E-state index contributed by atoms with van der Waals surface area (Å²) in [6.07, 6.45) is 0.0538. The van der Waals surface area contributed by atoms with E-state index in [1.807, 2.05) is 12.1 Å². The molecule has 31 heavy (non-hydrogen) atoms. The summed E-state index contributed by atoms with van der Waals surface area (Å²) < 4.78 is 27.0. The molecule has 2 atom stereocenters. The van der Waals surface area contributed by atoms with Gasteiger partial charge < -0.3 is 17.1 Å². The van der Waals surface area contributed by atoms with Crippen LogP contribution < -0.4 is 10.4 Å². The lowest BCUT2D eigenvalue weighted by Crippen LogP contribution is -2.71. The third kappa shape index (κ3) is 7.90. The summed E-state index contributed by atoms with van der Waals surface area (Å²) >= 11 is 0. The van der Waals surface area contributed by atoms with E-state index in [0.717, 1.165) is 16.4 Å². The molecule has 0 saturated heterocycles. The highest BCUT2D eigenvalue weighted by atomic mass is 28.5. The number of hydrogen-bond acceptors (Lipinski definition) is 4. The Kier molecular flexibility index (Phi) is 8.85. The van der Waals surface area contributed by atoms with Crippen molar-refractivity contribution in [3.05, 3.63) is 60.7 Å². The van der Waals surface area contributed by atoms with Crippen LogP contribution in [0.4, 0.5) is 0 Å². The third-order valence-corrected chi connectivity index (χ3v) is 18.9. The molecule has 0 fully saturated rings. The van der Waals surface area contributed by atoms with Gasteiger partial charge in [-0.25, -0.2) is 0 Å². The number of methoxy groups -OCH3 is 1. The Morgan fingerprint density at radius 1 is 0.645 bits per heavy atom. The SMILES string of the molecule is COC(C)C[Si](C)(O[Si](C)(C)C)O[Si](O[Si](C)(C)C)(c1ccccc1)c1ccccc1. The number of rotatable bonds is 11. The second-order valence-electron chi connectivity index (χ2n) is 10.3. The quantitative estimate of drug-likeness (QED) is 0.410. The zero-order valence-electron chi connectivity index (χ0n) is 20.7. The number of benzene rings is 2. The summed E-state index contributed by atoms with van der Waals surface area (Å²) in [5, 5.41) is 2.26. The molecule has 0 aliphatic rings. The highest BCUT2D eigenvalue weighted by molar-refractivity contribution is 7.02. The van der Waals surface area contributed by atoms with Crippen LogP contribution in [0.25, 0.3) is 0 Å². The molecule has 0 aliphatic carbocycles. The van der Waals surface area contributed by atoms with Gasteiger partial charge in [0.15, 0.2) is 16.6 Å². The zero-order valence-corrected chi connectivity index (χ0v) is 24.7. The molecule has 2 aromatic carbocycles. The van der Waals surface area contributed by atoms with E-state index in [-0.39, 0.29) is 6.10 Å². The Balaban J connectivity index is 2.72. The van der Waals surface area contributed by atoms with E-state index < -0.39 is 33.8 Å². The molecule has 0 aliphatic heterocycles. The molecule has 2 aromatic rings. The van der Waals surface area contributed by atoms with E-state index in [2.05, 4.69) is 101 Å². The van der Waals surface area contributed by atoms with Crippen LogP contribution in [0.2, 0.25) is 51.9 Å². The van der Waals surface area contributed by atoms with Crippen LogP contribution in [0.1, 0.15) is 6.92 Å². The molecule has 0 spiro atoms. The molecule has 0 amide bonds. The van der Waals surface area contributed by atoms with Crippen LogP contribution >= 0.6 is 0 Å². The fraction of sp³-hybridized carbons (Fsp3) is 0.478. The van der Waals surface area contributed by atoms with Gasteiger partial charge in [0.1, 0.15) is 0 Å². The van der Waals surface area contributed by atoms with Gasteiger partial charge in [-0.3, -0.25) is 0 Å². The van der Waals surface area contributed by atoms with Gasteiger partial charge in [-0.2, -0.15) is 0 Å². The largest absolute Gasteiger partial charge is 0.436 e. The van der Waals surface area contributed by atoms with Crippen molar-refractivity contribution in [2.24, 2.45) is 0 Å². The first kappa shape index (κ1) is 26.4. The van der Waals surface area contributed by atoms with Crippen molar-refractivity contribution in [2.45, 2.75) is 64.9 Å². The van der Waals surface area contributed by atoms with Crippen LogP contribution in [-0.2, 0) is 17.1 Å². The van der Waals surface area contributed by atoms with E-state index in [0.29, 0.717) is 0 Å². The van der Waals surface area contributed by atoms with Crippen molar-refractivity contribution in [3.8, 4) is 0 Å². The molecule has 2 rings (SSSR count). The van der Waals surface area contributed by atoms with Gasteiger partial charge in [-0.15, -0.1) is 0 Å². The molecular weight excluding hydrogens is 453 g/mol. The molecular formula is C23H40O4Si4. The Hall–Kier alpha value is -0.852. The Labute approximate surface area is 193 Å². The minimum absolute atomic E-state index is 0.0538. The highest BCUT2D eigenvalue weighted by Crippen LogP contribution is 2.28. The Morgan fingerprint density at radius 2 is 1.06 bits per heavy atom. The van der Waals surface area contributed by atoms with Crippen LogP contribution in [0.3, 0.4) is 0 Å². The van der Waals surface area contributed by atoms with Crippen LogP contribution in [0.5, 0.6) is 0 Å². The maximum absolute atomic E-state index is 7.35. The molecule has 0 aromatic heterocycles. The first-order chi connectivity index (χ1) is 14.3. The predicted molar refractivity (Wildman–Crippen MR) is 141 cm³/mol. The van der Waals surface area contributed by atoms with Crippen molar-refractivity contribution >= 4 is 44.1 Å². The average Bonchev–Trinajstić information content (AvgIpc) is 2.66. The molecule has 2 unspecified atom stereocenters. The first-order valence-electron chi connectivity index (χ1n) is 11.0. The third-order valence-electron chi connectivity index (χ3n) is 4.70. The van der Waals surface area contributed by atoms with Gasteiger partial charge in [-0.1, -0.05) is 60.7 Å². The standard InChI is InChI=1S/C23H40O4Si4/c1-21(24-2)20-30(9,25-28(3,4)5)27-31(26-29(6,7)8,22-16-12-10-13-17-22)23-18-14-11-15-19-23/h10-19,21H,20H2,1-9H3. The second-order valence-corrected chi connectivity index (χ2v) is 26.2. The summed E-state index contributed by atoms with van der Waals surface area (Å²) in [4.78, 5) is 0. The van der Waals surface area contributed by atoms with Gasteiger partial charge in [0, 0.05) is 13.2 Å². The fourth-order valence-electron chi connectivity index (χ4n) is 3.83. The first-order valence-corrected chi connectivity index (χ1v) is 22.2. The lowest BCUT2D eigenvalue weighted by molar-refractivity contribution is 0.125. The molecule has 0 saturated carbocycles. The fourth-order valence-corrected chi connectivity index (χ4v) is 21.3. The van der Waals surface area contributed by atoms with Crippen molar-refractivity contribution in [3.63, 3.8) is 0 Å². The minimum Gasteiger partial charge on any atom is -0.436 e. The van der Waals surface area contributed by atoms with E-state index >= 15 is 0 Å². The maximum Gasteiger partial charge on any atom is 0.388 e. The lowest BCUT2D eigenvalue weighted by atomic mass is 10.4. The summed E-state index contributed by atoms with van der Waals surface area (Å²) in [6, 6.07) is 21.8. The predicted octanol–water partition coefficient (Wildman–Crippen LogP) is 5.07. The molecule has 0 N–H and O–H groups in total. The van der Waals surface area contributed by atoms with Gasteiger partial charge >= 0.3 is 17.1 Å². The number of hydrogen-bond donors (Lipinski definition) is 0. The smallest absolute Gasteiger partial charge is 0.388 e. The van der Waals surface area contributed by atoms with Crippen LogP contribution in [0, 0.1) is 0 Å². The molecule has 0 heterocycles. The topological polar surface area (TPSA) is 36.9 Å². The van der Waals surface area contributed by atoms with E-state index in [9.17, 15) is 0 Å². The monoisotopic (exact) mass is 492 g/mol. The second kappa shape index (κ2) is 10.4. The highest BCUT2D eigenvalue weighted by Gasteiger charge is 2.53. The minimum atomic E-state index is -3.03. The summed E-state index contributed by atoms with van der Waals surface area (Å²) in [6.45, 7) is 17.7. The van der Waals surface area contributed by atoms with Gasteiger partial charge in [-0.05, 0) is 63.1 Å². The zero-order chi connectivity index (χ0) is 23.3. The Morgan fingerprint density at radius 3 is 1.42 bits per heavy atom. The van der Waals surface area contributed by atoms with Gasteiger partial charge in [0.05, 0.1) is 6.10 Å². The van der Waals surface area contributed by atoms with Crippen LogP contribution in [-0.4, -0.2) is 47.0 Å². The van der Waals surface area contributed by atoms with E-state index in [1.165, 1.54) is 0 Å². The molecule has 172 valence electrons. The summed E-state index contributed by atoms with van der Waals surface area (Å²) in [5.74, 6) is 0. The van der Waals surface area contributed by atoms with Crippen molar-refractivity contribution in [1.82, 2.24) is 0 Å². The average molecular weight is 493 g/mol. The van der Waals surface area contributed by atoms with E-state index in [1.54, 1.807) is 7.11 Å². The van der Waals surface area contributed by atoms with Crippen LogP contribution in [0.15, 0.2) is 60.7 Å². The molecule has 4 nitrogen and oxygen atoms in total. The normalized spacial score (nSPS) is 16.0. The molecule has 0 radical (unpaired) electrons. The Bertz CT molecular complexity index is 766. The summed E-state index contributed by atoms with van der Waals surface area (Å²) in [5.41, 5.74) is 0. The summed E-state index contributed by atoms with van der Waals surface area (Å²) in [7, 11) is -7.81. The van der Waals surface area contributed by atoms with Crippen molar-refractivity contribution in [2.75, 3.05) is 7.11 Å². The lowest BCUT2D eigenvalue weighted by Gasteiger charge is -2.45. The van der Waals surface area contributed by atoms with Gasteiger partial charge in [0.2, 0.25) is 0 Å². The van der Waals surface area contributed by atoms with Gasteiger partial charge in [0.25, 0.3) is 0 Å². The molecule has 8 heteroatoms. The number of ether oxygens (including phenoxy) is 1. The van der Waals surface area contributed by atoms with Crippen molar-refractivity contribution < 1.29 is 17.1 Å². The maximum atomic E-state index is 7.35.